The highest BCUT2D eigenvalue weighted by Crippen LogP contribution is 2.32. The zero-order valence-electron chi connectivity index (χ0n) is 11.0. The molecule has 0 aliphatic heterocycles. The summed E-state index contributed by atoms with van der Waals surface area (Å²) in [7, 11) is 0. The van der Waals surface area contributed by atoms with Gasteiger partial charge in [0.25, 0.3) is 0 Å². The maximum Gasteiger partial charge on any atom is 0.127 e. The summed E-state index contributed by atoms with van der Waals surface area (Å²) in [6.07, 6.45) is 3.90. The molecular formula is C15H19FN2. The highest BCUT2D eigenvalue weighted by atomic mass is 19.1. The molecule has 0 fully saturated rings. The molecule has 0 saturated carbocycles. The van der Waals surface area contributed by atoms with Crippen molar-refractivity contribution in [2.45, 2.75) is 32.7 Å². The average Bonchev–Trinajstić information content (AvgIpc) is 2.79. The van der Waals surface area contributed by atoms with Gasteiger partial charge in [0.2, 0.25) is 0 Å². The first-order valence-corrected chi connectivity index (χ1v) is 6.76. The van der Waals surface area contributed by atoms with E-state index in [2.05, 4.69) is 23.7 Å². The van der Waals surface area contributed by atoms with Gasteiger partial charge in [-0.1, -0.05) is 13.8 Å². The zero-order chi connectivity index (χ0) is 12.7. The van der Waals surface area contributed by atoms with Crippen LogP contribution in [0.5, 0.6) is 0 Å². The van der Waals surface area contributed by atoms with Gasteiger partial charge in [0.15, 0.2) is 0 Å². The summed E-state index contributed by atoms with van der Waals surface area (Å²) in [6, 6.07) is 3.86. The normalized spacial score (nSPS) is 18.8. The molecule has 3 heteroatoms. The predicted octanol–water partition coefficient (Wildman–Crippen LogP) is 3.12. The van der Waals surface area contributed by atoms with E-state index in [0.29, 0.717) is 6.04 Å². The highest BCUT2D eigenvalue weighted by molar-refractivity contribution is 5.87. The third kappa shape index (κ3) is 1.65. The first kappa shape index (κ1) is 11.7. The van der Waals surface area contributed by atoms with Crippen LogP contribution in [0.25, 0.3) is 10.9 Å². The van der Waals surface area contributed by atoms with Gasteiger partial charge in [0.1, 0.15) is 5.82 Å². The molecule has 1 aromatic heterocycles. The molecule has 1 unspecified atom stereocenters. The van der Waals surface area contributed by atoms with Crippen molar-refractivity contribution >= 4 is 10.9 Å². The molecule has 0 saturated heterocycles. The van der Waals surface area contributed by atoms with Crippen molar-refractivity contribution in [3.63, 3.8) is 0 Å². The molecule has 3 rings (SSSR count). The number of nitrogens with one attached hydrogen (secondary N) is 1. The lowest BCUT2D eigenvalue weighted by molar-refractivity contribution is 0.211. The van der Waals surface area contributed by atoms with Crippen LogP contribution in [0.3, 0.4) is 0 Å². The smallest absolute Gasteiger partial charge is 0.127 e. The Hall–Kier alpha value is -1.35. The molecule has 0 spiro atoms. The van der Waals surface area contributed by atoms with Crippen LogP contribution in [0.1, 0.15) is 25.0 Å². The van der Waals surface area contributed by atoms with E-state index in [1.807, 2.05) is 12.3 Å². The molecule has 0 radical (unpaired) electrons. The molecule has 2 nitrogen and oxygen atoms in total. The standard InChI is InChI=1S/C15H19FN2/c1-3-18(4-2)11-7-10-9-17-14-6-5-13(16)12(8-11)15(10)14/h5-6,9,11,17H,3-4,7-8H2,1-2H3. The van der Waals surface area contributed by atoms with Crippen molar-refractivity contribution in [2.24, 2.45) is 0 Å². The predicted molar refractivity (Wildman–Crippen MR) is 72.4 cm³/mol. The van der Waals surface area contributed by atoms with Gasteiger partial charge in [-0.05, 0) is 49.2 Å². The van der Waals surface area contributed by atoms with Crippen LogP contribution in [0.15, 0.2) is 18.3 Å². The lowest BCUT2D eigenvalue weighted by Gasteiger charge is -2.32. The monoisotopic (exact) mass is 246 g/mol. The number of rotatable bonds is 3. The van der Waals surface area contributed by atoms with E-state index in [4.69, 9.17) is 0 Å². The first-order valence-electron chi connectivity index (χ1n) is 6.76. The molecular weight excluding hydrogens is 227 g/mol. The molecule has 1 aromatic carbocycles. The minimum absolute atomic E-state index is 0.0554. The first-order chi connectivity index (χ1) is 8.74. The molecule has 1 aliphatic rings. The largest absolute Gasteiger partial charge is 0.361 e. The van der Waals surface area contributed by atoms with Gasteiger partial charge in [-0.25, -0.2) is 4.39 Å². The van der Waals surface area contributed by atoms with Crippen LogP contribution < -0.4 is 0 Å². The topological polar surface area (TPSA) is 19.0 Å². The van der Waals surface area contributed by atoms with E-state index < -0.39 is 0 Å². The SMILES string of the molecule is CCN(CC)C1Cc2c[nH]c3ccc(F)c(c23)C1. The number of hydrogen-bond acceptors (Lipinski definition) is 1. The van der Waals surface area contributed by atoms with Crippen LogP contribution >= 0.6 is 0 Å². The van der Waals surface area contributed by atoms with Crippen molar-refractivity contribution in [1.82, 2.24) is 9.88 Å². The van der Waals surface area contributed by atoms with Gasteiger partial charge in [-0.3, -0.25) is 0 Å². The van der Waals surface area contributed by atoms with E-state index in [-0.39, 0.29) is 5.82 Å². The summed E-state index contributed by atoms with van der Waals surface area (Å²) in [6.45, 7) is 6.40. The van der Waals surface area contributed by atoms with Crippen LogP contribution in [0.4, 0.5) is 4.39 Å². The van der Waals surface area contributed by atoms with E-state index >= 15 is 0 Å². The van der Waals surface area contributed by atoms with Gasteiger partial charge in [0.05, 0.1) is 0 Å². The molecule has 0 bridgehead atoms. The van der Waals surface area contributed by atoms with E-state index in [0.717, 1.165) is 42.4 Å². The Morgan fingerprint density at radius 1 is 1.28 bits per heavy atom. The van der Waals surface area contributed by atoms with Crippen molar-refractivity contribution in [1.29, 1.82) is 0 Å². The molecule has 2 aromatic rings. The Morgan fingerprint density at radius 2 is 2.06 bits per heavy atom. The Labute approximate surface area is 107 Å². The number of aromatic amines is 1. The summed E-state index contributed by atoms with van der Waals surface area (Å²) in [4.78, 5) is 5.68. The van der Waals surface area contributed by atoms with Crippen molar-refractivity contribution < 1.29 is 4.39 Å². The lowest BCUT2D eigenvalue weighted by Crippen LogP contribution is -2.39. The molecule has 1 atom stereocenters. The summed E-state index contributed by atoms with van der Waals surface area (Å²) in [5.74, 6) is -0.0554. The number of halogens is 1. The van der Waals surface area contributed by atoms with E-state index in [1.165, 1.54) is 5.56 Å². The summed E-state index contributed by atoms with van der Waals surface area (Å²) < 4.78 is 14.0. The second kappa shape index (κ2) is 4.39. The molecule has 96 valence electrons. The highest BCUT2D eigenvalue weighted by Gasteiger charge is 2.26. The van der Waals surface area contributed by atoms with Crippen molar-refractivity contribution in [2.75, 3.05) is 13.1 Å². The molecule has 18 heavy (non-hydrogen) atoms. The number of H-pyrrole nitrogens is 1. The molecule has 0 amide bonds. The Balaban J connectivity index is 2.06. The Morgan fingerprint density at radius 3 is 2.78 bits per heavy atom. The van der Waals surface area contributed by atoms with Crippen LogP contribution in [0, 0.1) is 5.82 Å². The van der Waals surface area contributed by atoms with Gasteiger partial charge in [0, 0.05) is 23.1 Å². The number of hydrogen-bond donors (Lipinski definition) is 1. The fourth-order valence-electron chi connectivity index (χ4n) is 3.27. The van der Waals surface area contributed by atoms with Gasteiger partial charge in [-0.2, -0.15) is 0 Å². The van der Waals surface area contributed by atoms with E-state index in [9.17, 15) is 4.39 Å². The second-order valence-electron chi connectivity index (χ2n) is 5.05. The summed E-state index contributed by atoms with van der Waals surface area (Å²) >= 11 is 0. The third-order valence-electron chi connectivity index (χ3n) is 4.20. The van der Waals surface area contributed by atoms with Gasteiger partial charge < -0.3 is 9.88 Å². The maximum atomic E-state index is 14.0. The number of nitrogens with zero attached hydrogens (tertiary/aromatic N) is 1. The fourth-order valence-corrected chi connectivity index (χ4v) is 3.27. The second-order valence-corrected chi connectivity index (χ2v) is 5.05. The van der Waals surface area contributed by atoms with Gasteiger partial charge >= 0.3 is 0 Å². The van der Waals surface area contributed by atoms with Crippen LogP contribution in [0.2, 0.25) is 0 Å². The summed E-state index contributed by atoms with van der Waals surface area (Å²) in [5, 5.41) is 1.12. The fraction of sp³-hybridized carbons (Fsp3) is 0.467. The Kier molecular flexibility index (Phi) is 2.86. The zero-order valence-corrected chi connectivity index (χ0v) is 11.0. The summed E-state index contributed by atoms with van der Waals surface area (Å²) in [5.41, 5.74) is 3.23. The van der Waals surface area contributed by atoms with Gasteiger partial charge in [-0.15, -0.1) is 0 Å². The Bertz CT molecular complexity index is 569. The van der Waals surface area contributed by atoms with Crippen LogP contribution in [-0.2, 0) is 12.8 Å². The quantitative estimate of drug-likeness (QED) is 0.881. The minimum Gasteiger partial charge on any atom is -0.361 e. The molecule has 1 N–H and O–H groups in total. The number of aromatic nitrogens is 1. The maximum absolute atomic E-state index is 14.0. The lowest BCUT2D eigenvalue weighted by atomic mass is 9.88. The molecule has 1 heterocycles. The van der Waals surface area contributed by atoms with Crippen molar-refractivity contribution in [3.8, 4) is 0 Å². The average molecular weight is 246 g/mol. The third-order valence-corrected chi connectivity index (χ3v) is 4.20. The number of benzene rings is 1. The van der Waals surface area contributed by atoms with E-state index in [1.54, 1.807) is 6.07 Å². The minimum atomic E-state index is -0.0554. The molecule has 1 aliphatic carbocycles. The van der Waals surface area contributed by atoms with Crippen LogP contribution in [-0.4, -0.2) is 29.0 Å². The van der Waals surface area contributed by atoms with Crippen molar-refractivity contribution in [3.05, 3.63) is 35.3 Å². The number of likely N-dealkylation sites (N-methyl/N-ethyl adjacent to an activating group) is 1.